The Kier molecular flexibility index (Phi) is 3.74. The number of hydrogen-bond acceptors (Lipinski definition) is 5. The van der Waals surface area contributed by atoms with Gasteiger partial charge in [-0.25, -0.2) is 14.6 Å². The number of benzene rings is 1. The summed E-state index contributed by atoms with van der Waals surface area (Å²) in [5.41, 5.74) is 0.517. The Morgan fingerprint density at radius 3 is 2.67 bits per heavy atom. The van der Waals surface area contributed by atoms with Crippen LogP contribution in [0.4, 0.5) is 0 Å². The highest BCUT2D eigenvalue weighted by Gasteiger charge is 2.23. The zero-order valence-electron chi connectivity index (χ0n) is 10.9. The molecule has 0 aliphatic heterocycles. The number of ketones is 1. The lowest BCUT2D eigenvalue weighted by Crippen LogP contribution is -2.25. The van der Waals surface area contributed by atoms with Crippen LogP contribution in [0.3, 0.4) is 0 Å². The fourth-order valence-corrected chi connectivity index (χ4v) is 2.19. The van der Waals surface area contributed by atoms with Crippen LogP contribution in [-0.4, -0.2) is 35.3 Å². The summed E-state index contributed by atoms with van der Waals surface area (Å²) < 4.78 is 3.08. The standard InChI is InChI=1S/C13H11ClN6O/c14-11-3-1-2-10(4-11)13(21)12(20-9-16-7-18-20)5-19-8-15-6-17-19/h1-4,6-9,12H,5H2/t12-/m1/s1. The largest absolute Gasteiger partial charge is 0.292 e. The van der Waals surface area contributed by atoms with Gasteiger partial charge in [0, 0.05) is 10.6 Å². The molecule has 0 aliphatic carbocycles. The van der Waals surface area contributed by atoms with Gasteiger partial charge in [0.05, 0.1) is 6.54 Å². The topological polar surface area (TPSA) is 78.5 Å². The van der Waals surface area contributed by atoms with Crippen molar-refractivity contribution >= 4 is 17.4 Å². The molecule has 0 radical (unpaired) electrons. The van der Waals surface area contributed by atoms with Gasteiger partial charge in [-0.15, -0.1) is 0 Å². The highest BCUT2D eigenvalue weighted by Crippen LogP contribution is 2.18. The summed E-state index contributed by atoms with van der Waals surface area (Å²) in [5.74, 6) is -0.112. The van der Waals surface area contributed by atoms with Gasteiger partial charge in [0.2, 0.25) is 0 Å². The maximum Gasteiger partial charge on any atom is 0.189 e. The number of nitrogens with zero attached hydrogens (tertiary/aromatic N) is 6. The van der Waals surface area contributed by atoms with Gasteiger partial charge in [-0.3, -0.25) is 9.48 Å². The third-order valence-corrected chi connectivity index (χ3v) is 3.23. The molecule has 2 heterocycles. The Morgan fingerprint density at radius 1 is 1.19 bits per heavy atom. The molecule has 0 N–H and O–H groups in total. The number of carbonyl (C=O) groups is 1. The van der Waals surface area contributed by atoms with E-state index in [1.54, 1.807) is 35.3 Å². The zero-order chi connectivity index (χ0) is 14.7. The molecule has 0 spiro atoms. The second-order valence-corrected chi connectivity index (χ2v) is 4.82. The Balaban J connectivity index is 1.93. The van der Waals surface area contributed by atoms with Crippen molar-refractivity contribution in [3.63, 3.8) is 0 Å². The molecule has 8 heteroatoms. The molecule has 7 nitrogen and oxygen atoms in total. The SMILES string of the molecule is O=C(c1cccc(Cl)c1)[C@@H](Cn1cncn1)n1cncn1. The van der Waals surface area contributed by atoms with Crippen molar-refractivity contribution in [1.29, 1.82) is 0 Å². The van der Waals surface area contributed by atoms with Gasteiger partial charge in [0.15, 0.2) is 5.78 Å². The monoisotopic (exact) mass is 302 g/mol. The van der Waals surface area contributed by atoms with E-state index < -0.39 is 6.04 Å². The van der Waals surface area contributed by atoms with Crippen molar-refractivity contribution in [2.24, 2.45) is 0 Å². The lowest BCUT2D eigenvalue weighted by molar-refractivity contribution is 0.0901. The van der Waals surface area contributed by atoms with Gasteiger partial charge < -0.3 is 0 Å². The van der Waals surface area contributed by atoms with Crippen LogP contribution in [0.5, 0.6) is 0 Å². The fraction of sp³-hybridized carbons (Fsp3) is 0.154. The molecule has 21 heavy (non-hydrogen) atoms. The first kappa shape index (κ1) is 13.4. The van der Waals surface area contributed by atoms with Crippen LogP contribution in [0.25, 0.3) is 0 Å². The summed E-state index contributed by atoms with van der Waals surface area (Å²) in [6, 6.07) is 6.26. The fourth-order valence-electron chi connectivity index (χ4n) is 2.00. The van der Waals surface area contributed by atoms with Crippen LogP contribution in [0, 0.1) is 0 Å². The lowest BCUT2D eigenvalue weighted by atomic mass is 10.0. The van der Waals surface area contributed by atoms with Gasteiger partial charge in [0.25, 0.3) is 0 Å². The molecule has 0 unspecified atom stereocenters. The van der Waals surface area contributed by atoms with Crippen LogP contribution in [0.1, 0.15) is 16.4 Å². The summed E-state index contributed by atoms with van der Waals surface area (Å²) in [6.45, 7) is 0.314. The van der Waals surface area contributed by atoms with E-state index in [1.165, 1.54) is 23.7 Å². The first-order valence-electron chi connectivity index (χ1n) is 6.20. The predicted octanol–water partition coefficient (Wildman–Crippen LogP) is 1.65. The Labute approximate surface area is 125 Å². The first-order valence-corrected chi connectivity index (χ1v) is 6.58. The van der Waals surface area contributed by atoms with E-state index in [0.717, 1.165) is 0 Å². The number of Topliss-reactive ketones (excluding diaryl/α,β-unsaturated/α-hetero) is 1. The molecule has 2 aromatic heterocycles. The van der Waals surface area contributed by atoms with Gasteiger partial charge in [-0.05, 0) is 12.1 Å². The molecule has 0 aliphatic rings. The second kappa shape index (κ2) is 5.84. The smallest absolute Gasteiger partial charge is 0.189 e. The molecule has 1 atom stereocenters. The van der Waals surface area contributed by atoms with E-state index in [0.29, 0.717) is 17.1 Å². The molecule has 0 bridgehead atoms. The van der Waals surface area contributed by atoms with Gasteiger partial charge in [-0.1, -0.05) is 23.7 Å². The van der Waals surface area contributed by atoms with Gasteiger partial charge in [0.1, 0.15) is 31.4 Å². The average molecular weight is 303 g/mol. The number of aromatic nitrogens is 6. The second-order valence-electron chi connectivity index (χ2n) is 4.38. The highest BCUT2D eigenvalue weighted by atomic mass is 35.5. The molecule has 1 aromatic carbocycles. The van der Waals surface area contributed by atoms with E-state index in [4.69, 9.17) is 11.6 Å². The molecule has 0 saturated heterocycles. The van der Waals surface area contributed by atoms with Crippen molar-refractivity contribution in [2.45, 2.75) is 12.6 Å². The van der Waals surface area contributed by atoms with Crippen LogP contribution < -0.4 is 0 Å². The van der Waals surface area contributed by atoms with E-state index in [2.05, 4.69) is 20.2 Å². The third kappa shape index (κ3) is 2.97. The Bertz CT molecular complexity index is 725. The van der Waals surface area contributed by atoms with Crippen LogP contribution in [-0.2, 0) is 6.54 Å². The van der Waals surface area contributed by atoms with Crippen LogP contribution >= 0.6 is 11.6 Å². The minimum Gasteiger partial charge on any atom is -0.292 e. The van der Waals surface area contributed by atoms with Crippen molar-refractivity contribution < 1.29 is 4.79 Å². The summed E-state index contributed by atoms with van der Waals surface area (Å²) in [5, 5.41) is 8.59. The molecule has 0 fully saturated rings. The Morgan fingerprint density at radius 2 is 2.00 bits per heavy atom. The number of carbonyl (C=O) groups excluding carboxylic acids is 1. The van der Waals surface area contributed by atoms with Crippen LogP contribution in [0.2, 0.25) is 5.02 Å². The minimum atomic E-state index is -0.562. The number of hydrogen-bond donors (Lipinski definition) is 0. The maximum atomic E-state index is 12.7. The van der Waals surface area contributed by atoms with Crippen LogP contribution in [0.15, 0.2) is 49.6 Å². The predicted molar refractivity (Wildman–Crippen MR) is 74.9 cm³/mol. The number of halogens is 1. The molecular weight excluding hydrogens is 292 g/mol. The van der Waals surface area contributed by atoms with Crippen molar-refractivity contribution in [2.75, 3.05) is 0 Å². The van der Waals surface area contributed by atoms with Crippen molar-refractivity contribution in [1.82, 2.24) is 29.5 Å². The molecule has 3 aromatic rings. The summed E-state index contributed by atoms with van der Waals surface area (Å²) >= 11 is 5.95. The summed E-state index contributed by atoms with van der Waals surface area (Å²) in [4.78, 5) is 20.5. The average Bonchev–Trinajstić information content (AvgIpc) is 3.17. The zero-order valence-corrected chi connectivity index (χ0v) is 11.6. The molecule has 106 valence electrons. The van der Waals surface area contributed by atoms with E-state index >= 15 is 0 Å². The first-order chi connectivity index (χ1) is 10.2. The summed E-state index contributed by atoms with van der Waals surface area (Å²) in [6.07, 6.45) is 5.86. The third-order valence-electron chi connectivity index (χ3n) is 2.99. The molecule has 0 amide bonds. The van der Waals surface area contributed by atoms with E-state index in [1.807, 2.05) is 0 Å². The number of rotatable bonds is 5. The highest BCUT2D eigenvalue weighted by molar-refractivity contribution is 6.31. The molecule has 3 rings (SSSR count). The normalized spacial score (nSPS) is 12.2. The quantitative estimate of drug-likeness (QED) is 0.670. The van der Waals surface area contributed by atoms with Gasteiger partial charge >= 0.3 is 0 Å². The van der Waals surface area contributed by atoms with Crippen molar-refractivity contribution in [3.8, 4) is 0 Å². The van der Waals surface area contributed by atoms with E-state index in [9.17, 15) is 4.79 Å². The minimum absolute atomic E-state index is 0.112. The Hall–Kier alpha value is -2.54. The maximum absolute atomic E-state index is 12.7. The summed E-state index contributed by atoms with van der Waals surface area (Å²) in [7, 11) is 0. The lowest BCUT2D eigenvalue weighted by Gasteiger charge is -2.15. The molecule has 0 saturated carbocycles. The van der Waals surface area contributed by atoms with Gasteiger partial charge in [-0.2, -0.15) is 10.2 Å². The molecular formula is C13H11ClN6O. The van der Waals surface area contributed by atoms with E-state index in [-0.39, 0.29) is 5.78 Å². The van der Waals surface area contributed by atoms with Crippen molar-refractivity contribution in [3.05, 3.63) is 60.2 Å².